The maximum absolute atomic E-state index is 12.5. The summed E-state index contributed by atoms with van der Waals surface area (Å²) < 4.78 is 32.0. The Kier molecular flexibility index (Phi) is 4.20. The van der Waals surface area contributed by atoms with Gasteiger partial charge in [-0.1, -0.05) is 6.07 Å². The van der Waals surface area contributed by atoms with Crippen molar-refractivity contribution in [2.75, 3.05) is 13.7 Å². The number of aryl methyl sites for hydroxylation is 1. The van der Waals surface area contributed by atoms with E-state index >= 15 is 0 Å². The fourth-order valence-electron chi connectivity index (χ4n) is 2.73. The second-order valence-corrected chi connectivity index (χ2v) is 8.10. The summed E-state index contributed by atoms with van der Waals surface area (Å²) in [5.41, 5.74) is 5.53. The van der Waals surface area contributed by atoms with E-state index in [0.717, 1.165) is 16.9 Å². The molecule has 0 radical (unpaired) electrons. The van der Waals surface area contributed by atoms with Gasteiger partial charge in [0.05, 0.1) is 18.3 Å². The first-order valence-electron chi connectivity index (χ1n) is 7.01. The van der Waals surface area contributed by atoms with Gasteiger partial charge >= 0.3 is 0 Å². The highest BCUT2D eigenvalue weighted by Gasteiger charge is 2.28. The third kappa shape index (κ3) is 3.02. The maximum atomic E-state index is 12.5. The molecule has 0 atom stereocenters. The van der Waals surface area contributed by atoms with Crippen LogP contribution in [-0.2, 0) is 28.7 Å². The molecule has 0 fully saturated rings. The lowest BCUT2D eigenvalue weighted by molar-refractivity contribution is 0.385. The van der Waals surface area contributed by atoms with Crippen LogP contribution in [0.1, 0.15) is 22.4 Å². The van der Waals surface area contributed by atoms with Crippen molar-refractivity contribution in [3.8, 4) is 5.75 Å². The van der Waals surface area contributed by atoms with Crippen LogP contribution in [0.5, 0.6) is 5.75 Å². The molecule has 0 amide bonds. The van der Waals surface area contributed by atoms with Crippen molar-refractivity contribution in [3.05, 3.63) is 45.4 Å². The summed E-state index contributed by atoms with van der Waals surface area (Å²) in [5, 5.41) is 1.78. The highest BCUT2D eigenvalue weighted by Crippen LogP contribution is 2.29. The quantitative estimate of drug-likeness (QED) is 0.858. The number of nitrogens with zero attached hydrogens (tertiary/aromatic N) is 2. The molecule has 0 bridgehead atoms. The third-order valence-corrected chi connectivity index (χ3v) is 6.30. The summed E-state index contributed by atoms with van der Waals surface area (Å²) in [6.45, 7) is 2.90. The first-order chi connectivity index (χ1) is 10.5. The molecule has 0 aliphatic carbocycles. The van der Waals surface area contributed by atoms with Crippen molar-refractivity contribution >= 4 is 21.4 Å². The average molecular weight is 338 g/mol. The zero-order chi connectivity index (χ0) is 15.7. The normalized spacial score (nSPS) is 15.5. The molecule has 0 saturated heterocycles. The maximum Gasteiger partial charge on any atom is 0.220 e. The van der Waals surface area contributed by atoms with Crippen LogP contribution in [0.4, 0.5) is 0 Å². The summed E-state index contributed by atoms with van der Waals surface area (Å²) >= 11 is 1.41. The van der Waals surface area contributed by atoms with E-state index in [2.05, 4.69) is 4.98 Å². The number of thiazole rings is 1. The van der Waals surface area contributed by atoms with Gasteiger partial charge in [-0.25, -0.2) is 13.4 Å². The Morgan fingerprint density at radius 2 is 2.18 bits per heavy atom. The van der Waals surface area contributed by atoms with Crippen LogP contribution in [0.25, 0.3) is 0 Å². The number of hydrogen-bond acceptors (Lipinski definition) is 5. The van der Waals surface area contributed by atoms with Gasteiger partial charge < -0.3 is 4.74 Å². The number of rotatable bonds is 4. The van der Waals surface area contributed by atoms with E-state index in [1.54, 1.807) is 22.3 Å². The minimum absolute atomic E-state index is 0.0268. The standard InChI is InChI=1S/C15H18N2O3S2/c1-11-5-13-7-17(4-3-12(13)6-15(11)20-2)22(18,19)9-14-8-21-10-16-14/h5-6,8,10H,3-4,7,9H2,1-2H3. The molecular weight excluding hydrogens is 320 g/mol. The highest BCUT2D eigenvalue weighted by atomic mass is 32.2. The molecule has 22 heavy (non-hydrogen) atoms. The molecule has 0 unspecified atom stereocenters. The Morgan fingerprint density at radius 3 is 2.86 bits per heavy atom. The highest BCUT2D eigenvalue weighted by molar-refractivity contribution is 7.88. The summed E-state index contributed by atoms with van der Waals surface area (Å²) in [6.07, 6.45) is 0.711. The first-order valence-corrected chi connectivity index (χ1v) is 9.56. The van der Waals surface area contributed by atoms with Crippen LogP contribution in [0.15, 0.2) is 23.0 Å². The van der Waals surface area contributed by atoms with Crippen LogP contribution in [0.3, 0.4) is 0 Å². The van der Waals surface area contributed by atoms with E-state index < -0.39 is 10.0 Å². The first kappa shape index (κ1) is 15.5. The van der Waals surface area contributed by atoms with Gasteiger partial charge in [0.25, 0.3) is 0 Å². The van der Waals surface area contributed by atoms with Gasteiger partial charge in [0.15, 0.2) is 0 Å². The molecule has 3 rings (SSSR count). The Morgan fingerprint density at radius 1 is 1.36 bits per heavy atom. The van der Waals surface area contributed by atoms with Crippen LogP contribution in [0.2, 0.25) is 0 Å². The Labute approximate surface area is 134 Å². The van der Waals surface area contributed by atoms with Crippen LogP contribution < -0.4 is 4.74 Å². The molecule has 2 heterocycles. The zero-order valence-electron chi connectivity index (χ0n) is 12.6. The third-order valence-electron chi connectivity index (χ3n) is 3.90. The summed E-state index contributed by atoms with van der Waals surface area (Å²) in [4.78, 5) is 4.07. The SMILES string of the molecule is COc1cc2c(cc1C)CN(S(=O)(=O)Cc1cscn1)CC2. The van der Waals surface area contributed by atoms with Crippen molar-refractivity contribution in [1.82, 2.24) is 9.29 Å². The molecule has 7 heteroatoms. The van der Waals surface area contributed by atoms with Gasteiger partial charge in [-0.2, -0.15) is 4.31 Å². The van der Waals surface area contributed by atoms with Crippen molar-refractivity contribution in [3.63, 3.8) is 0 Å². The van der Waals surface area contributed by atoms with Gasteiger partial charge in [-0.15, -0.1) is 11.3 Å². The number of fused-ring (bicyclic) bond motifs is 1. The summed E-state index contributed by atoms with van der Waals surface area (Å²) in [5.74, 6) is 0.832. The van der Waals surface area contributed by atoms with Crippen LogP contribution in [-0.4, -0.2) is 31.4 Å². The Balaban J connectivity index is 1.83. The van der Waals surface area contributed by atoms with E-state index in [0.29, 0.717) is 25.2 Å². The number of ether oxygens (including phenoxy) is 1. The van der Waals surface area contributed by atoms with Crippen molar-refractivity contribution in [1.29, 1.82) is 0 Å². The number of benzene rings is 1. The summed E-state index contributed by atoms with van der Waals surface area (Å²) in [7, 11) is -1.68. The van der Waals surface area contributed by atoms with Gasteiger partial charge in [0.1, 0.15) is 11.5 Å². The molecule has 1 aliphatic rings. The Hall–Kier alpha value is -1.44. The number of methoxy groups -OCH3 is 1. The fraction of sp³-hybridized carbons (Fsp3) is 0.400. The molecule has 1 aliphatic heterocycles. The minimum atomic E-state index is -3.33. The van der Waals surface area contributed by atoms with E-state index in [4.69, 9.17) is 4.74 Å². The second-order valence-electron chi connectivity index (χ2n) is 5.41. The molecule has 0 saturated carbocycles. The van der Waals surface area contributed by atoms with Crippen molar-refractivity contribution < 1.29 is 13.2 Å². The van der Waals surface area contributed by atoms with E-state index in [-0.39, 0.29) is 5.75 Å². The lowest BCUT2D eigenvalue weighted by Crippen LogP contribution is -2.36. The fourth-order valence-corrected chi connectivity index (χ4v) is 4.81. The average Bonchev–Trinajstić information content (AvgIpc) is 2.98. The lowest BCUT2D eigenvalue weighted by atomic mass is 9.98. The van der Waals surface area contributed by atoms with Crippen molar-refractivity contribution in [2.45, 2.75) is 25.6 Å². The van der Waals surface area contributed by atoms with Gasteiger partial charge in [0, 0.05) is 18.5 Å². The van der Waals surface area contributed by atoms with Crippen LogP contribution >= 0.6 is 11.3 Å². The van der Waals surface area contributed by atoms with Gasteiger partial charge in [-0.05, 0) is 36.1 Å². The lowest BCUT2D eigenvalue weighted by Gasteiger charge is -2.28. The predicted molar refractivity (Wildman–Crippen MR) is 86.6 cm³/mol. The molecule has 5 nitrogen and oxygen atoms in total. The summed E-state index contributed by atoms with van der Waals surface area (Å²) in [6, 6.07) is 4.05. The predicted octanol–water partition coefficient (Wildman–Crippen LogP) is 2.35. The van der Waals surface area contributed by atoms with Gasteiger partial charge in [-0.3, -0.25) is 0 Å². The minimum Gasteiger partial charge on any atom is -0.496 e. The van der Waals surface area contributed by atoms with E-state index in [9.17, 15) is 8.42 Å². The number of sulfonamides is 1. The van der Waals surface area contributed by atoms with Crippen molar-refractivity contribution in [2.24, 2.45) is 0 Å². The monoisotopic (exact) mass is 338 g/mol. The van der Waals surface area contributed by atoms with Crippen LogP contribution in [0, 0.1) is 6.92 Å². The topological polar surface area (TPSA) is 59.5 Å². The van der Waals surface area contributed by atoms with E-state index in [1.807, 2.05) is 19.1 Å². The second kappa shape index (κ2) is 5.98. The molecule has 0 N–H and O–H groups in total. The molecule has 0 spiro atoms. The molecule has 1 aromatic heterocycles. The number of hydrogen-bond donors (Lipinski definition) is 0. The van der Waals surface area contributed by atoms with Gasteiger partial charge in [0.2, 0.25) is 10.0 Å². The molecular formula is C15H18N2O3S2. The number of aromatic nitrogens is 1. The smallest absolute Gasteiger partial charge is 0.220 e. The molecule has 118 valence electrons. The van der Waals surface area contributed by atoms with E-state index in [1.165, 1.54) is 16.9 Å². The zero-order valence-corrected chi connectivity index (χ0v) is 14.2. The largest absolute Gasteiger partial charge is 0.496 e. The Bertz CT molecular complexity index is 770. The molecule has 2 aromatic rings. The molecule has 1 aromatic carbocycles.